The number of pyridine rings is 1. The number of nitrogens with one attached hydrogen (secondary N) is 1. The van der Waals surface area contributed by atoms with E-state index in [1.165, 1.54) is 11.6 Å². The van der Waals surface area contributed by atoms with E-state index in [0.29, 0.717) is 12.4 Å². The van der Waals surface area contributed by atoms with Crippen LogP contribution in [-0.2, 0) is 0 Å². The highest BCUT2D eigenvalue weighted by Gasteiger charge is 2.18. The Hall–Kier alpha value is -1.92. The smallest absolute Gasteiger partial charge is 0.354 e. The van der Waals surface area contributed by atoms with Gasteiger partial charge < -0.3 is 10.4 Å². The lowest BCUT2D eigenvalue weighted by molar-refractivity contribution is 0.0690. The molecule has 0 saturated heterocycles. The predicted octanol–water partition coefficient (Wildman–Crippen LogP) is 3.34. The van der Waals surface area contributed by atoms with Crippen LogP contribution in [0.4, 0.5) is 5.82 Å². The van der Waals surface area contributed by atoms with Crippen molar-refractivity contribution in [2.24, 2.45) is 0 Å². The highest BCUT2D eigenvalue weighted by Crippen LogP contribution is 2.23. The van der Waals surface area contributed by atoms with Crippen LogP contribution in [0.25, 0.3) is 0 Å². The van der Waals surface area contributed by atoms with Crippen molar-refractivity contribution in [3.63, 3.8) is 0 Å². The van der Waals surface area contributed by atoms with Gasteiger partial charge in [0.05, 0.1) is 6.04 Å². The number of thiophene rings is 1. The average molecular weight is 319 g/mol. The zero-order valence-electron chi connectivity index (χ0n) is 12.8. The molecule has 0 aromatic carbocycles. The van der Waals surface area contributed by atoms with Crippen LogP contribution in [0.5, 0.6) is 0 Å². The number of rotatable bonds is 8. The van der Waals surface area contributed by atoms with Crippen molar-refractivity contribution in [2.45, 2.75) is 19.9 Å². The van der Waals surface area contributed by atoms with Gasteiger partial charge in [0, 0.05) is 6.54 Å². The van der Waals surface area contributed by atoms with E-state index in [9.17, 15) is 4.79 Å². The van der Waals surface area contributed by atoms with Crippen LogP contribution in [0.2, 0.25) is 0 Å². The first-order valence-electron chi connectivity index (χ1n) is 7.36. The van der Waals surface area contributed by atoms with Gasteiger partial charge in [-0.3, -0.25) is 4.90 Å². The second-order valence-electron chi connectivity index (χ2n) is 4.89. The standard InChI is InChI=1S/C16H21N3O2S/c1-3-19(4-2)14(12-8-9-22-11-12)10-17-15-7-5-6-13(18-15)16(20)21/h5-9,11,14H,3-4,10H2,1-2H3,(H,17,18)(H,20,21). The third-order valence-corrected chi connectivity index (χ3v) is 4.33. The van der Waals surface area contributed by atoms with Gasteiger partial charge in [-0.05, 0) is 47.6 Å². The Balaban J connectivity index is 2.11. The molecule has 0 saturated carbocycles. The molecule has 0 amide bonds. The summed E-state index contributed by atoms with van der Waals surface area (Å²) in [7, 11) is 0. The second-order valence-corrected chi connectivity index (χ2v) is 5.67. The zero-order valence-corrected chi connectivity index (χ0v) is 13.6. The van der Waals surface area contributed by atoms with Crippen molar-refractivity contribution < 1.29 is 9.90 Å². The Morgan fingerprint density at radius 2 is 2.14 bits per heavy atom. The quantitative estimate of drug-likeness (QED) is 0.781. The molecule has 1 atom stereocenters. The molecule has 0 radical (unpaired) electrons. The predicted molar refractivity (Wildman–Crippen MR) is 89.7 cm³/mol. The lowest BCUT2D eigenvalue weighted by Gasteiger charge is -2.29. The van der Waals surface area contributed by atoms with Gasteiger partial charge in [0.15, 0.2) is 5.69 Å². The fourth-order valence-electron chi connectivity index (χ4n) is 2.44. The summed E-state index contributed by atoms with van der Waals surface area (Å²) < 4.78 is 0. The normalized spacial score (nSPS) is 12.3. The Morgan fingerprint density at radius 3 is 2.73 bits per heavy atom. The molecule has 0 spiro atoms. The molecule has 2 rings (SSSR count). The first kappa shape index (κ1) is 16.5. The first-order valence-corrected chi connectivity index (χ1v) is 8.30. The number of hydrogen-bond acceptors (Lipinski definition) is 5. The molecule has 22 heavy (non-hydrogen) atoms. The summed E-state index contributed by atoms with van der Waals surface area (Å²) in [6, 6.07) is 7.37. The molecule has 118 valence electrons. The number of nitrogens with zero attached hydrogens (tertiary/aromatic N) is 2. The van der Waals surface area contributed by atoms with Gasteiger partial charge in [0.2, 0.25) is 0 Å². The summed E-state index contributed by atoms with van der Waals surface area (Å²) in [5, 5.41) is 16.5. The lowest BCUT2D eigenvalue weighted by Crippen LogP contribution is -2.33. The fourth-order valence-corrected chi connectivity index (χ4v) is 3.15. The van der Waals surface area contributed by atoms with Gasteiger partial charge in [-0.25, -0.2) is 9.78 Å². The molecule has 2 N–H and O–H groups in total. The van der Waals surface area contributed by atoms with E-state index in [1.807, 2.05) is 0 Å². The Labute approximate surface area is 134 Å². The maximum atomic E-state index is 11.0. The number of carboxylic acid groups (broad SMARTS) is 1. The van der Waals surface area contributed by atoms with E-state index in [4.69, 9.17) is 5.11 Å². The average Bonchev–Trinajstić information content (AvgIpc) is 3.05. The molecule has 0 aliphatic rings. The van der Waals surface area contributed by atoms with Gasteiger partial charge in [-0.1, -0.05) is 19.9 Å². The van der Waals surface area contributed by atoms with Crippen LogP contribution in [0.15, 0.2) is 35.0 Å². The third-order valence-electron chi connectivity index (χ3n) is 3.63. The Kier molecular flexibility index (Phi) is 5.91. The van der Waals surface area contributed by atoms with Crippen molar-refractivity contribution in [1.82, 2.24) is 9.88 Å². The molecule has 2 heterocycles. The van der Waals surface area contributed by atoms with E-state index in [0.717, 1.165) is 13.1 Å². The van der Waals surface area contributed by atoms with Crippen molar-refractivity contribution in [2.75, 3.05) is 25.0 Å². The highest BCUT2D eigenvalue weighted by atomic mass is 32.1. The minimum absolute atomic E-state index is 0.0555. The molecular weight excluding hydrogens is 298 g/mol. The summed E-state index contributed by atoms with van der Waals surface area (Å²) in [5.41, 5.74) is 1.33. The number of carbonyl (C=O) groups is 1. The monoisotopic (exact) mass is 319 g/mol. The summed E-state index contributed by atoms with van der Waals surface area (Å²) in [5.74, 6) is -0.422. The second kappa shape index (κ2) is 7.91. The summed E-state index contributed by atoms with van der Waals surface area (Å²) >= 11 is 1.69. The van der Waals surface area contributed by atoms with Crippen molar-refractivity contribution >= 4 is 23.1 Å². The van der Waals surface area contributed by atoms with E-state index in [1.54, 1.807) is 23.5 Å². The summed E-state index contributed by atoms with van der Waals surface area (Å²) in [6.07, 6.45) is 0. The zero-order chi connectivity index (χ0) is 15.9. The van der Waals surface area contributed by atoms with E-state index < -0.39 is 5.97 Å². The number of likely N-dealkylation sites (N-methyl/N-ethyl adjacent to an activating group) is 1. The molecule has 0 aliphatic heterocycles. The number of aromatic nitrogens is 1. The molecule has 5 nitrogen and oxygen atoms in total. The molecular formula is C16H21N3O2S. The Morgan fingerprint density at radius 1 is 1.36 bits per heavy atom. The SMILES string of the molecule is CCN(CC)C(CNc1cccc(C(=O)O)n1)c1ccsc1. The third kappa shape index (κ3) is 4.05. The molecule has 2 aromatic heterocycles. The molecule has 1 unspecified atom stereocenters. The molecule has 6 heteroatoms. The first-order chi connectivity index (χ1) is 10.7. The van der Waals surface area contributed by atoms with Crippen LogP contribution in [0.3, 0.4) is 0 Å². The number of carboxylic acids is 1. The molecule has 0 fully saturated rings. The fraction of sp³-hybridized carbons (Fsp3) is 0.375. The number of hydrogen-bond donors (Lipinski definition) is 2. The minimum atomic E-state index is -1.01. The van der Waals surface area contributed by atoms with E-state index >= 15 is 0 Å². The maximum Gasteiger partial charge on any atom is 0.354 e. The van der Waals surface area contributed by atoms with Gasteiger partial charge in [0.1, 0.15) is 5.82 Å². The van der Waals surface area contributed by atoms with Crippen molar-refractivity contribution in [1.29, 1.82) is 0 Å². The lowest BCUT2D eigenvalue weighted by atomic mass is 10.1. The van der Waals surface area contributed by atoms with Crippen LogP contribution in [-0.4, -0.2) is 40.6 Å². The van der Waals surface area contributed by atoms with E-state index in [2.05, 4.69) is 45.9 Å². The van der Waals surface area contributed by atoms with Crippen molar-refractivity contribution in [3.8, 4) is 0 Å². The van der Waals surface area contributed by atoms with Crippen LogP contribution < -0.4 is 5.32 Å². The highest BCUT2D eigenvalue weighted by molar-refractivity contribution is 7.07. The van der Waals surface area contributed by atoms with Crippen LogP contribution in [0.1, 0.15) is 35.9 Å². The Bertz CT molecular complexity index is 597. The minimum Gasteiger partial charge on any atom is -0.477 e. The largest absolute Gasteiger partial charge is 0.477 e. The van der Waals surface area contributed by atoms with Gasteiger partial charge in [-0.15, -0.1) is 0 Å². The van der Waals surface area contributed by atoms with Crippen LogP contribution >= 0.6 is 11.3 Å². The summed E-state index contributed by atoms with van der Waals surface area (Å²) in [4.78, 5) is 17.5. The van der Waals surface area contributed by atoms with Crippen molar-refractivity contribution in [3.05, 3.63) is 46.3 Å². The topological polar surface area (TPSA) is 65.5 Å². The van der Waals surface area contributed by atoms with Gasteiger partial charge in [-0.2, -0.15) is 11.3 Å². The van der Waals surface area contributed by atoms with Crippen LogP contribution in [0, 0.1) is 0 Å². The number of anilines is 1. The van der Waals surface area contributed by atoms with Gasteiger partial charge >= 0.3 is 5.97 Å². The molecule has 0 aliphatic carbocycles. The molecule has 2 aromatic rings. The number of aromatic carboxylic acids is 1. The molecule has 0 bridgehead atoms. The summed E-state index contributed by atoms with van der Waals surface area (Å²) in [6.45, 7) is 6.90. The maximum absolute atomic E-state index is 11.0. The van der Waals surface area contributed by atoms with E-state index in [-0.39, 0.29) is 11.7 Å². The van der Waals surface area contributed by atoms with Gasteiger partial charge in [0.25, 0.3) is 0 Å².